The molecule has 141 valence electrons. The molecule has 3 rings (SSSR count). The summed E-state index contributed by atoms with van der Waals surface area (Å²) in [5.74, 6) is 1.06. The summed E-state index contributed by atoms with van der Waals surface area (Å²) in [7, 11) is 0. The molecular weight excluding hydrogens is 368 g/mol. The number of hydrogen-bond acceptors (Lipinski definition) is 2. The molecule has 0 spiro atoms. The van der Waals surface area contributed by atoms with Gasteiger partial charge in [-0.1, -0.05) is 0 Å². The van der Waals surface area contributed by atoms with E-state index >= 15 is 0 Å². The van der Waals surface area contributed by atoms with Crippen LogP contribution < -0.4 is 5.32 Å². The van der Waals surface area contributed by atoms with Gasteiger partial charge in [0.2, 0.25) is 5.91 Å². The fourth-order valence-corrected chi connectivity index (χ4v) is 3.68. The number of nitrogens with zero attached hydrogens (tertiary/aromatic N) is 1. The summed E-state index contributed by atoms with van der Waals surface area (Å²) in [6.07, 6.45) is 19.6. The number of amides is 1. The molecule has 1 N–H and O–H groups in total. The molecule has 5 heteroatoms. The van der Waals surface area contributed by atoms with Crippen molar-refractivity contribution in [2.24, 2.45) is 0 Å². The number of rotatable bonds is 3. The van der Waals surface area contributed by atoms with Crippen molar-refractivity contribution < 1.29 is 27.1 Å². The van der Waals surface area contributed by atoms with E-state index in [9.17, 15) is 10.0 Å². The van der Waals surface area contributed by atoms with Crippen LogP contribution in [-0.4, -0.2) is 28.1 Å². The Balaban J connectivity index is 0.000000486. The number of piperidine rings is 1. The van der Waals surface area contributed by atoms with Crippen molar-refractivity contribution in [3.63, 3.8) is 0 Å². The molecule has 1 saturated heterocycles. The number of hydroxylamine groups is 2. The Bertz CT molecular complexity index is 404. The zero-order valence-corrected chi connectivity index (χ0v) is 17.1. The van der Waals surface area contributed by atoms with E-state index in [4.69, 9.17) is 0 Å². The first kappa shape index (κ1) is 23.9. The number of hydrogen-bond donors (Lipinski definition) is 1. The third-order valence-corrected chi connectivity index (χ3v) is 4.61. The van der Waals surface area contributed by atoms with Gasteiger partial charge < -0.3 is 5.32 Å². The Morgan fingerprint density at radius 2 is 1.38 bits per heavy atom. The fourth-order valence-electron chi connectivity index (χ4n) is 3.68. The number of carbonyl (C=O) groups excluding carboxylic acids is 1. The van der Waals surface area contributed by atoms with E-state index in [2.05, 4.69) is 5.32 Å². The van der Waals surface area contributed by atoms with Gasteiger partial charge in [-0.05, 0) is 104 Å². The quantitative estimate of drug-likeness (QED) is 0.744. The van der Waals surface area contributed by atoms with E-state index in [1.54, 1.807) is 0 Å². The maximum absolute atomic E-state index is 12.3. The van der Waals surface area contributed by atoms with Gasteiger partial charge in [0, 0.05) is 23.5 Å². The minimum atomic E-state index is -0.444. The van der Waals surface area contributed by atoms with Crippen molar-refractivity contribution in [1.29, 1.82) is 0 Å². The van der Waals surface area contributed by atoms with Gasteiger partial charge in [-0.15, -0.1) is 10.3 Å². The van der Waals surface area contributed by atoms with Crippen molar-refractivity contribution >= 4 is 5.91 Å². The average molecular weight is 397 g/mol. The van der Waals surface area contributed by atoms with Crippen LogP contribution in [0.25, 0.3) is 0 Å². The fraction of sp³-hybridized carbons (Fsp3) is 0.476. The molecule has 0 aromatic rings. The van der Waals surface area contributed by atoms with Gasteiger partial charge >= 0.3 is 17.1 Å². The van der Waals surface area contributed by atoms with Gasteiger partial charge in [0.25, 0.3) is 0 Å². The zero-order chi connectivity index (χ0) is 18.5. The molecule has 26 heavy (non-hydrogen) atoms. The second-order valence-corrected chi connectivity index (χ2v) is 8.02. The molecule has 1 heterocycles. The second kappa shape index (κ2) is 10.5. The molecular formula is C21H29FeN2O2+2. The summed E-state index contributed by atoms with van der Waals surface area (Å²) in [5.41, 5.74) is -0.889. The number of carbonyl (C=O) groups is 1. The topological polar surface area (TPSA) is 52.2 Å². The Kier molecular flexibility index (Phi) is 9.63. The molecule has 0 unspecified atom stereocenters. The van der Waals surface area contributed by atoms with E-state index in [0.717, 1.165) is 5.92 Å². The first-order valence-corrected chi connectivity index (χ1v) is 8.85. The molecule has 0 aromatic heterocycles. The Morgan fingerprint density at radius 3 is 1.81 bits per heavy atom. The summed E-state index contributed by atoms with van der Waals surface area (Å²) in [5, 5.41) is 16.5. The molecule has 3 aliphatic rings. The van der Waals surface area contributed by atoms with Crippen LogP contribution in [0.3, 0.4) is 0 Å². The maximum atomic E-state index is 12.3. The first-order chi connectivity index (χ1) is 11.7. The third kappa shape index (κ3) is 7.14. The molecule has 0 aromatic carbocycles. The largest absolute Gasteiger partial charge is 2.00 e. The average Bonchev–Trinajstić information content (AvgIpc) is 3.19. The standard InChI is InChI=1S/C16H24N2O2.C5H5.Fe/c1-15(2)10-13(11-16(3,4)18(15)20)17-14(19)9-12-7-5-6-8-12;1-2-4-5-3-1;/h5-8,13H,9-11H2,1-4H3,(H,17,19);1-5H;/q;;+2. The summed E-state index contributed by atoms with van der Waals surface area (Å²) in [6, 6.07) is 0.0627. The van der Waals surface area contributed by atoms with Crippen LogP contribution >= 0.6 is 0 Å². The molecule has 1 amide bonds. The van der Waals surface area contributed by atoms with Crippen molar-refractivity contribution in [1.82, 2.24) is 10.4 Å². The van der Waals surface area contributed by atoms with Crippen LogP contribution in [0.15, 0.2) is 0 Å². The van der Waals surface area contributed by atoms with E-state index in [1.807, 2.05) is 85.5 Å². The van der Waals surface area contributed by atoms with Crippen molar-refractivity contribution in [3.8, 4) is 0 Å². The molecule has 11 radical (unpaired) electrons. The first-order valence-electron chi connectivity index (χ1n) is 8.85. The van der Waals surface area contributed by atoms with E-state index in [-0.39, 0.29) is 29.0 Å². The maximum Gasteiger partial charge on any atom is 2.00 e. The van der Waals surface area contributed by atoms with Gasteiger partial charge in [-0.25, -0.2) is 0 Å². The molecule has 2 aliphatic carbocycles. The van der Waals surface area contributed by atoms with Gasteiger partial charge in [-0.3, -0.25) is 4.79 Å². The number of nitrogens with one attached hydrogen (secondary N) is 1. The molecule has 4 nitrogen and oxygen atoms in total. The SMILES string of the molecule is CC1(C)CC(NC(=O)C[C]2[CH][CH][CH][CH]2)CC(C)(C)N1[O].[CH]1[CH][CH][CH][CH]1.[Fe+2]. The van der Waals surface area contributed by atoms with Gasteiger partial charge in [-0.2, -0.15) is 0 Å². The predicted octanol–water partition coefficient (Wildman–Crippen LogP) is 3.28. The smallest absolute Gasteiger partial charge is 0.353 e. The molecule has 3 fully saturated rings. The van der Waals surface area contributed by atoms with Crippen LogP contribution in [0.1, 0.15) is 47.0 Å². The minimum Gasteiger partial charge on any atom is -0.353 e. The third-order valence-electron chi connectivity index (χ3n) is 4.61. The minimum absolute atomic E-state index is 0. The van der Waals surface area contributed by atoms with Crippen LogP contribution in [0, 0.1) is 63.7 Å². The van der Waals surface area contributed by atoms with Crippen LogP contribution in [0.4, 0.5) is 0 Å². The predicted molar refractivity (Wildman–Crippen MR) is 98.4 cm³/mol. The van der Waals surface area contributed by atoms with Crippen LogP contribution in [-0.2, 0) is 27.1 Å². The Labute approximate surface area is 171 Å². The van der Waals surface area contributed by atoms with Crippen LogP contribution in [0.2, 0.25) is 0 Å². The van der Waals surface area contributed by atoms with Gasteiger partial charge in [0.05, 0.1) is 0 Å². The van der Waals surface area contributed by atoms with Gasteiger partial charge in [0.15, 0.2) is 0 Å². The van der Waals surface area contributed by atoms with Crippen molar-refractivity contribution in [2.75, 3.05) is 0 Å². The summed E-state index contributed by atoms with van der Waals surface area (Å²) >= 11 is 0. The molecule has 0 atom stereocenters. The Morgan fingerprint density at radius 1 is 0.962 bits per heavy atom. The van der Waals surface area contributed by atoms with E-state index in [0.29, 0.717) is 19.3 Å². The van der Waals surface area contributed by atoms with E-state index in [1.165, 1.54) is 5.06 Å². The summed E-state index contributed by atoms with van der Waals surface area (Å²) in [4.78, 5) is 12.1. The summed E-state index contributed by atoms with van der Waals surface area (Å²) in [6.45, 7) is 7.77. The van der Waals surface area contributed by atoms with Crippen molar-refractivity contribution in [2.45, 2.75) is 64.1 Å². The summed E-state index contributed by atoms with van der Waals surface area (Å²) < 4.78 is 0. The van der Waals surface area contributed by atoms with Gasteiger partial charge in [0.1, 0.15) is 0 Å². The molecule has 0 bridgehead atoms. The normalized spacial score (nSPS) is 25.9. The van der Waals surface area contributed by atoms with E-state index < -0.39 is 11.1 Å². The zero-order valence-electron chi connectivity index (χ0n) is 16.0. The second-order valence-electron chi connectivity index (χ2n) is 8.02. The van der Waals surface area contributed by atoms with Crippen LogP contribution in [0.5, 0.6) is 0 Å². The molecule has 2 saturated carbocycles. The monoisotopic (exact) mass is 397 g/mol. The van der Waals surface area contributed by atoms with Crippen molar-refractivity contribution in [3.05, 3.63) is 63.7 Å². The Hall–Kier alpha value is -0.0905. The molecule has 1 aliphatic heterocycles.